The largest absolute Gasteiger partial charge is 0.295 e. The van der Waals surface area contributed by atoms with Gasteiger partial charge >= 0.3 is 0 Å². The number of carbonyl (C=O) groups is 1. The normalized spacial score (nSPS) is 26.4. The molecular weight excluding hydrogens is 196 g/mol. The third-order valence-electron chi connectivity index (χ3n) is 2.23. The molecule has 2 unspecified atom stereocenters. The highest BCUT2D eigenvalue weighted by Gasteiger charge is 2.23. The monoisotopic (exact) mass is 206 g/mol. The number of ketones is 1. The van der Waals surface area contributed by atoms with Crippen LogP contribution in [-0.2, 0) is 15.6 Å². The Kier molecular flexibility index (Phi) is 2.59. The molecule has 14 heavy (non-hydrogen) atoms. The summed E-state index contributed by atoms with van der Waals surface area (Å²) in [6.07, 6.45) is 1.77. The van der Waals surface area contributed by atoms with Gasteiger partial charge < -0.3 is 0 Å². The maximum Gasteiger partial charge on any atom is 0.157 e. The zero-order valence-corrected chi connectivity index (χ0v) is 8.37. The van der Waals surface area contributed by atoms with E-state index in [4.69, 9.17) is 0 Å². The quantitative estimate of drug-likeness (QED) is 0.704. The van der Waals surface area contributed by atoms with Gasteiger partial charge in [-0.05, 0) is 11.6 Å². The summed E-state index contributed by atoms with van der Waals surface area (Å²) >= 11 is 0. The summed E-state index contributed by atoms with van der Waals surface area (Å²) in [4.78, 5) is 11.2. The second-order valence-corrected chi connectivity index (χ2v) is 4.70. The first-order valence-electron chi connectivity index (χ1n) is 4.43. The lowest BCUT2D eigenvalue weighted by Gasteiger charge is -2.16. The van der Waals surface area contributed by atoms with Crippen LogP contribution in [0.2, 0.25) is 0 Å². The van der Waals surface area contributed by atoms with Crippen LogP contribution in [0.5, 0.6) is 0 Å². The maximum absolute atomic E-state index is 11.6. The van der Waals surface area contributed by atoms with Gasteiger partial charge in [-0.3, -0.25) is 9.00 Å². The molecule has 1 aromatic rings. The van der Waals surface area contributed by atoms with E-state index in [1.54, 1.807) is 0 Å². The second kappa shape index (κ2) is 3.88. The molecule has 1 aliphatic heterocycles. The van der Waals surface area contributed by atoms with Gasteiger partial charge in [0, 0.05) is 11.8 Å². The summed E-state index contributed by atoms with van der Waals surface area (Å²) < 4.78 is 11.6. The van der Waals surface area contributed by atoms with Crippen molar-refractivity contribution < 1.29 is 9.00 Å². The molecule has 2 atom stereocenters. The zero-order chi connectivity index (χ0) is 9.97. The first-order chi connectivity index (χ1) is 6.77. The van der Waals surface area contributed by atoms with E-state index in [9.17, 15) is 9.00 Å². The van der Waals surface area contributed by atoms with Crippen LogP contribution < -0.4 is 0 Å². The molecule has 0 fully saturated rings. The summed E-state index contributed by atoms with van der Waals surface area (Å²) in [6, 6.07) is 9.53. The Morgan fingerprint density at radius 2 is 1.93 bits per heavy atom. The molecule has 1 aliphatic rings. The fourth-order valence-electron chi connectivity index (χ4n) is 1.49. The van der Waals surface area contributed by atoms with Crippen LogP contribution >= 0.6 is 0 Å². The highest BCUT2D eigenvalue weighted by Crippen LogP contribution is 2.27. The van der Waals surface area contributed by atoms with E-state index in [-0.39, 0.29) is 11.0 Å². The van der Waals surface area contributed by atoms with Gasteiger partial charge in [-0.15, -0.1) is 0 Å². The molecule has 0 saturated heterocycles. The Morgan fingerprint density at radius 3 is 2.64 bits per heavy atom. The molecule has 0 saturated carbocycles. The molecule has 1 aromatic carbocycles. The van der Waals surface area contributed by atoms with Crippen LogP contribution in [-0.4, -0.2) is 9.99 Å². The lowest BCUT2D eigenvalue weighted by atomic mass is 10.1. The zero-order valence-electron chi connectivity index (χ0n) is 7.55. The van der Waals surface area contributed by atoms with Crippen molar-refractivity contribution in [3.05, 3.63) is 47.4 Å². The van der Waals surface area contributed by atoms with Gasteiger partial charge in [-0.25, -0.2) is 0 Å². The minimum absolute atomic E-state index is 0.0541. The molecular formula is C11H10O2S. The number of allylic oxidation sites excluding steroid dienone is 1. The van der Waals surface area contributed by atoms with Crippen LogP contribution in [0, 0.1) is 0 Å². The van der Waals surface area contributed by atoms with Gasteiger partial charge in [0.05, 0.1) is 16.0 Å². The highest BCUT2D eigenvalue weighted by atomic mass is 32.2. The van der Waals surface area contributed by atoms with Crippen molar-refractivity contribution in [3.63, 3.8) is 0 Å². The van der Waals surface area contributed by atoms with Gasteiger partial charge in [0.15, 0.2) is 5.78 Å². The van der Waals surface area contributed by atoms with E-state index in [1.165, 1.54) is 11.5 Å². The van der Waals surface area contributed by atoms with Crippen molar-refractivity contribution in [2.45, 2.75) is 11.7 Å². The van der Waals surface area contributed by atoms with E-state index in [1.807, 2.05) is 30.3 Å². The second-order valence-electron chi connectivity index (χ2n) is 3.20. The Morgan fingerprint density at radius 1 is 1.21 bits per heavy atom. The number of hydrogen-bond donors (Lipinski definition) is 0. The lowest BCUT2D eigenvalue weighted by molar-refractivity contribution is -0.114. The molecule has 3 heteroatoms. The molecule has 0 radical (unpaired) electrons. The van der Waals surface area contributed by atoms with Crippen molar-refractivity contribution in [2.75, 3.05) is 0 Å². The molecule has 0 bridgehead atoms. The molecule has 0 aromatic heterocycles. The van der Waals surface area contributed by atoms with Crippen LogP contribution in [0.3, 0.4) is 0 Å². The van der Waals surface area contributed by atoms with Gasteiger partial charge in [-0.2, -0.15) is 0 Å². The molecule has 0 spiro atoms. The summed E-state index contributed by atoms with van der Waals surface area (Å²) in [7, 11) is -1.05. The lowest BCUT2D eigenvalue weighted by Crippen LogP contribution is -2.13. The maximum atomic E-state index is 11.6. The van der Waals surface area contributed by atoms with E-state index < -0.39 is 10.8 Å². The predicted molar refractivity (Wildman–Crippen MR) is 56.1 cm³/mol. The predicted octanol–water partition coefficient (Wildman–Crippen LogP) is 1.96. The minimum Gasteiger partial charge on any atom is -0.295 e. The average molecular weight is 206 g/mol. The van der Waals surface area contributed by atoms with Crippen LogP contribution in [0.4, 0.5) is 0 Å². The third kappa shape index (κ3) is 1.82. The summed E-state index contributed by atoms with van der Waals surface area (Å²) in [5.74, 6) is 0.0541. The Labute approximate surface area is 85.1 Å². The Balaban J connectivity index is 2.32. The number of hydrogen-bond acceptors (Lipinski definition) is 2. The van der Waals surface area contributed by atoms with E-state index in [0.29, 0.717) is 6.42 Å². The Bertz CT molecular complexity index is 395. The van der Waals surface area contributed by atoms with Crippen LogP contribution in [0.1, 0.15) is 17.2 Å². The molecule has 0 N–H and O–H groups in total. The Hall–Kier alpha value is -1.22. The van der Waals surface area contributed by atoms with Gasteiger partial charge in [0.25, 0.3) is 0 Å². The molecule has 2 rings (SSSR count). The number of carbonyl (C=O) groups excluding carboxylic acids is 1. The summed E-state index contributed by atoms with van der Waals surface area (Å²) in [5, 5.41) is 1.33. The van der Waals surface area contributed by atoms with Crippen molar-refractivity contribution in [3.8, 4) is 0 Å². The first kappa shape index (κ1) is 9.34. The van der Waals surface area contributed by atoms with Crippen LogP contribution in [0.15, 0.2) is 41.8 Å². The summed E-state index contributed by atoms with van der Waals surface area (Å²) in [6.45, 7) is 0. The molecule has 72 valence electrons. The van der Waals surface area contributed by atoms with Crippen molar-refractivity contribution in [1.82, 2.24) is 0 Å². The van der Waals surface area contributed by atoms with Gasteiger partial charge in [0.2, 0.25) is 0 Å². The first-order valence-corrected chi connectivity index (χ1v) is 5.70. The van der Waals surface area contributed by atoms with E-state index >= 15 is 0 Å². The molecule has 1 heterocycles. The number of benzene rings is 1. The molecule has 0 aliphatic carbocycles. The highest BCUT2D eigenvalue weighted by molar-refractivity contribution is 7.88. The number of rotatable bonds is 1. The van der Waals surface area contributed by atoms with E-state index in [0.717, 1.165) is 5.56 Å². The molecule has 2 nitrogen and oxygen atoms in total. The fraction of sp³-hybridized carbons (Fsp3) is 0.182. The smallest absolute Gasteiger partial charge is 0.157 e. The van der Waals surface area contributed by atoms with Gasteiger partial charge in [-0.1, -0.05) is 30.3 Å². The minimum atomic E-state index is -1.05. The van der Waals surface area contributed by atoms with E-state index in [2.05, 4.69) is 0 Å². The van der Waals surface area contributed by atoms with Crippen molar-refractivity contribution in [1.29, 1.82) is 0 Å². The molecule has 0 amide bonds. The van der Waals surface area contributed by atoms with Crippen LogP contribution in [0.25, 0.3) is 0 Å². The topological polar surface area (TPSA) is 34.1 Å². The van der Waals surface area contributed by atoms with Crippen molar-refractivity contribution in [2.24, 2.45) is 0 Å². The SMILES string of the molecule is O=C1C=CS(=O)C(c2ccccc2)C1. The van der Waals surface area contributed by atoms with Crippen molar-refractivity contribution >= 4 is 16.6 Å². The fourth-order valence-corrected chi connectivity index (χ4v) is 2.72. The van der Waals surface area contributed by atoms with Gasteiger partial charge in [0.1, 0.15) is 0 Å². The average Bonchev–Trinajstić information content (AvgIpc) is 2.23. The standard InChI is InChI=1S/C11H10O2S/c12-10-6-7-14(13)11(8-10)9-4-2-1-3-5-9/h1-7,11H,8H2. The summed E-state index contributed by atoms with van der Waals surface area (Å²) in [5.41, 5.74) is 0.975. The third-order valence-corrected chi connectivity index (χ3v) is 3.63.